The van der Waals surface area contributed by atoms with Gasteiger partial charge in [0.1, 0.15) is 0 Å². The van der Waals surface area contributed by atoms with Crippen LogP contribution in [0.2, 0.25) is 0 Å². The number of piperidine rings is 1. The molecule has 2 aromatic carbocycles. The maximum absolute atomic E-state index is 5.63. The zero-order valence-electron chi connectivity index (χ0n) is 25.9. The van der Waals surface area contributed by atoms with Gasteiger partial charge in [-0.25, -0.2) is 9.97 Å². The first-order valence-corrected chi connectivity index (χ1v) is 15.7. The third-order valence-electron chi connectivity index (χ3n) is 8.98. The number of hydrogen-bond donors (Lipinski definition) is 1. The number of nitrogens with one attached hydrogen (secondary N) is 1. The van der Waals surface area contributed by atoms with Gasteiger partial charge in [0, 0.05) is 62.8 Å². The lowest BCUT2D eigenvalue weighted by molar-refractivity contribution is 0.0999. The minimum atomic E-state index is 0.533. The number of furan rings is 1. The molecule has 11 heteroatoms. The monoisotopic (exact) mass is 608 g/mol. The van der Waals surface area contributed by atoms with Crippen molar-refractivity contribution in [2.45, 2.75) is 32.0 Å². The van der Waals surface area contributed by atoms with Crippen LogP contribution in [0.1, 0.15) is 24.0 Å². The summed E-state index contributed by atoms with van der Waals surface area (Å²) in [5.41, 5.74) is 4.19. The van der Waals surface area contributed by atoms with Crippen LogP contribution in [0.3, 0.4) is 0 Å². The molecular weight excluding hydrogens is 568 g/mol. The zero-order valence-corrected chi connectivity index (χ0v) is 25.9. The van der Waals surface area contributed by atoms with Crippen LogP contribution >= 0.6 is 0 Å². The van der Waals surface area contributed by atoms with Gasteiger partial charge in [-0.3, -0.25) is 9.80 Å². The van der Waals surface area contributed by atoms with E-state index in [1.165, 1.54) is 18.5 Å². The number of nitrogens with zero attached hydrogens (tertiary/aromatic N) is 7. The maximum atomic E-state index is 5.63. The summed E-state index contributed by atoms with van der Waals surface area (Å²) in [5.74, 6) is 3.16. The second-order valence-corrected chi connectivity index (χ2v) is 11.7. The van der Waals surface area contributed by atoms with Gasteiger partial charge >= 0.3 is 0 Å². The van der Waals surface area contributed by atoms with Gasteiger partial charge in [0.25, 0.3) is 0 Å². The van der Waals surface area contributed by atoms with Crippen molar-refractivity contribution in [1.82, 2.24) is 29.4 Å². The first-order chi connectivity index (χ1) is 22.2. The van der Waals surface area contributed by atoms with E-state index >= 15 is 0 Å². The number of aromatic nitrogens is 4. The van der Waals surface area contributed by atoms with Crippen molar-refractivity contribution >= 4 is 17.3 Å². The van der Waals surface area contributed by atoms with Gasteiger partial charge < -0.3 is 24.1 Å². The molecule has 2 aliphatic rings. The lowest BCUT2D eigenvalue weighted by Crippen LogP contribution is -2.53. The number of anilines is 2. The lowest BCUT2D eigenvalue weighted by atomic mass is 10.0. The van der Waals surface area contributed by atoms with Crippen LogP contribution in [0.15, 0.2) is 77.5 Å². The highest BCUT2D eigenvalue weighted by molar-refractivity contribution is 5.58. The van der Waals surface area contributed by atoms with Gasteiger partial charge in [-0.2, -0.15) is 4.52 Å². The van der Waals surface area contributed by atoms with Gasteiger partial charge in [-0.05, 0) is 67.9 Å². The fourth-order valence-corrected chi connectivity index (χ4v) is 6.50. The molecule has 0 radical (unpaired) electrons. The molecule has 5 heterocycles. The molecule has 0 unspecified atom stereocenters. The van der Waals surface area contributed by atoms with Gasteiger partial charge in [-0.15, -0.1) is 5.10 Å². The highest BCUT2D eigenvalue weighted by Gasteiger charge is 2.28. The molecule has 0 atom stereocenters. The van der Waals surface area contributed by atoms with E-state index in [-0.39, 0.29) is 0 Å². The molecule has 0 saturated carbocycles. The van der Waals surface area contributed by atoms with E-state index < -0.39 is 0 Å². The Kier molecular flexibility index (Phi) is 8.52. The van der Waals surface area contributed by atoms with Crippen LogP contribution in [0, 0.1) is 0 Å². The summed E-state index contributed by atoms with van der Waals surface area (Å²) in [5, 5.41) is 8.23. The van der Waals surface area contributed by atoms with E-state index in [1.54, 1.807) is 25.0 Å². The van der Waals surface area contributed by atoms with Crippen molar-refractivity contribution in [2.75, 3.05) is 63.7 Å². The van der Waals surface area contributed by atoms with Crippen molar-refractivity contribution < 1.29 is 13.9 Å². The van der Waals surface area contributed by atoms with Crippen molar-refractivity contribution in [3.05, 3.63) is 84.3 Å². The second kappa shape index (κ2) is 13.2. The summed E-state index contributed by atoms with van der Waals surface area (Å²) in [4.78, 5) is 17.4. The highest BCUT2D eigenvalue weighted by Crippen LogP contribution is 2.29. The van der Waals surface area contributed by atoms with E-state index in [0.717, 1.165) is 62.6 Å². The first-order valence-electron chi connectivity index (χ1n) is 15.7. The Hall–Kier alpha value is -4.61. The quantitative estimate of drug-likeness (QED) is 0.238. The predicted molar refractivity (Wildman–Crippen MR) is 174 cm³/mol. The largest absolute Gasteiger partial charge is 0.493 e. The van der Waals surface area contributed by atoms with Crippen LogP contribution in [0.5, 0.6) is 11.5 Å². The van der Waals surface area contributed by atoms with Gasteiger partial charge in [0.05, 0.1) is 20.5 Å². The Morgan fingerprint density at radius 3 is 2.42 bits per heavy atom. The van der Waals surface area contributed by atoms with Gasteiger partial charge in [0.2, 0.25) is 11.8 Å². The number of ether oxygens (including phenoxy) is 2. The molecule has 3 aromatic heterocycles. The van der Waals surface area contributed by atoms with Crippen molar-refractivity contribution in [3.63, 3.8) is 0 Å². The molecule has 0 spiro atoms. The first kappa shape index (κ1) is 29.1. The summed E-state index contributed by atoms with van der Waals surface area (Å²) in [6.07, 6.45) is 5.92. The molecule has 1 N–H and O–H groups in total. The van der Waals surface area contributed by atoms with Crippen LogP contribution in [0.25, 0.3) is 17.2 Å². The second-order valence-electron chi connectivity index (χ2n) is 11.7. The number of benzene rings is 2. The SMILES string of the molecule is COc1ccc(CNc2ncc(CN3CCC(N4CCN(c5ccccc5)CC4)CC3)c3nc(-c4ccco4)nn23)cc1OC. The highest BCUT2D eigenvalue weighted by atomic mass is 16.5. The minimum Gasteiger partial charge on any atom is -0.493 e. The topological polar surface area (TPSA) is 96.4 Å². The van der Waals surface area contributed by atoms with Crippen LogP contribution < -0.4 is 19.7 Å². The van der Waals surface area contributed by atoms with E-state index in [9.17, 15) is 0 Å². The van der Waals surface area contributed by atoms with Crippen molar-refractivity contribution in [2.24, 2.45) is 0 Å². The van der Waals surface area contributed by atoms with E-state index in [0.29, 0.717) is 41.6 Å². The standard InChI is InChI=1S/C34H40N8O3/c1-43-29-11-10-25(21-31(29)44-2)22-35-34-36-23-26(33-37-32(38-42(33)34)30-9-6-20-45-30)24-39-14-12-28(13-15-39)41-18-16-40(17-19-41)27-7-4-3-5-8-27/h3-11,20-21,23,28H,12-19,22,24H2,1-2H3,(H,35,36). The molecule has 2 fully saturated rings. The van der Waals surface area contributed by atoms with Crippen LogP contribution in [-0.2, 0) is 13.1 Å². The fraction of sp³-hybridized carbons (Fsp3) is 0.382. The summed E-state index contributed by atoms with van der Waals surface area (Å²) in [6.45, 7) is 7.83. The fourth-order valence-electron chi connectivity index (χ4n) is 6.50. The Labute approximate surface area is 263 Å². The Morgan fingerprint density at radius 1 is 0.889 bits per heavy atom. The Bertz CT molecular complexity index is 1690. The van der Waals surface area contributed by atoms with E-state index in [4.69, 9.17) is 29.0 Å². The molecule has 11 nitrogen and oxygen atoms in total. The molecule has 45 heavy (non-hydrogen) atoms. The summed E-state index contributed by atoms with van der Waals surface area (Å²) in [6, 6.07) is 21.0. The molecule has 2 aliphatic heterocycles. The normalized spacial score (nSPS) is 16.7. The number of rotatable bonds is 10. The summed E-state index contributed by atoms with van der Waals surface area (Å²) < 4.78 is 18.3. The zero-order chi connectivity index (χ0) is 30.6. The third kappa shape index (κ3) is 6.31. The lowest BCUT2D eigenvalue weighted by Gasteiger charge is -2.43. The number of para-hydroxylation sites is 1. The summed E-state index contributed by atoms with van der Waals surface area (Å²) >= 11 is 0. The Morgan fingerprint density at radius 2 is 1.69 bits per heavy atom. The minimum absolute atomic E-state index is 0.533. The molecule has 2 saturated heterocycles. The smallest absolute Gasteiger partial charge is 0.226 e. The van der Waals surface area contributed by atoms with Crippen LogP contribution in [-0.4, -0.2) is 88.9 Å². The number of likely N-dealkylation sites (tertiary alicyclic amines) is 1. The maximum Gasteiger partial charge on any atom is 0.226 e. The van der Waals surface area contributed by atoms with Crippen molar-refractivity contribution in [1.29, 1.82) is 0 Å². The molecule has 0 bridgehead atoms. The van der Waals surface area contributed by atoms with Crippen LogP contribution in [0.4, 0.5) is 11.6 Å². The number of hydrogen-bond acceptors (Lipinski definition) is 10. The third-order valence-corrected chi connectivity index (χ3v) is 8.98. The van der Waals surface area contributed by atoms with E-state index in [1.807, 2.05) is 36.5 Å². The van der Waals surface area contributed by atoms with E-state index in [2.05, 4.69) is 50.3 Å². The average Bonchev–Trinajstić information content (AvgIpc) is 3.80. The van der Waals surface area contributed by atoms with Gasteiger partial charge in [-0.1, -0.05) is 24.3 Å². The Balaban J connectivity index is 1.02. The summed E-state index contributed by atoms with van der Waals surface area (Å²) in [7, 11) is 3.27. The molecule has 234 valence electrons. The number of piperazine rings is 1. The van der Waals surface area contributed by atoms with Crippen molar-refractivity contribution in [3.8, 4) is 23.1 Å². The molecular formula is C34H40N8O3. The molecule has 0 amide bonds. The van der Waals surface area contributed by atoms with Gasteiger partial charge in [0.15, 0.2) is 22.9 Å². The molecule has 7 rings (SSSR count). The number of methoxy groups -OCH3 is 2. The molecule has 0 aliphatic carbocycles. The molecule has 5 aromatic rings. The predicted octanol–water partition coefficient (Wildman–Crippen LogP) is 4.80. The average molecular weight is 609 g/mol. The number of fused-ring (bicyclic) bond motifs is 1.